The van der Waals surface area contributed by atoms with E-state index in [2.05, 4.69) is 20.6 Å². The highest BCUT2D eigenvalue weighted by Crippen LogP contribution is 2.40. The zero-order chi connectivity index (χ0) is 24.5. The van der Waals surface area contributed by atoms with Crippen LogP contribution < -0.4 is 5.73 Å². The number of allylic oxidation sites excluding steroid dienone is 1. The minimum absolute atomic E-state index is 0.0846. The van der Waals surface area contributed by atoms with Gasteiger partial charge in [-0.25, -0.2) is 14.7 Å². The number of fused-ring (bicyclic) bond motifs is 1. The first kappa shape index (κ1) is 24.2. The summed E-state index contributed by atoms with van der Waals surface area (Å²) in [5.41, 5.74) is 6.60. The van der Waals surface area contributed by atoms with Gasteiger partial charge in [0.25, 0.3) is 0 Å². The van der Waals surface area contributed by atoms with Crippen molar-refractivity contribution in [2.24, 2.45) is 5.73 Å². The number of rotatable bonds is 4. The van der Waals surface area contributed by atoms with Gasteiger partial charge in [0.1, 0.15) is 17.1 Å². The molecule has 0 unspecified atom stereocenters. The van der Waals surface area contributed by atoms with Crippen LogP contribution in [0.5, 0.6) is 0 Å². The molecule has 33 heavy (non-hydrogen) atoms. The maximum Gasteiger partial charge on any atom is 0.490 e. The number of H-pyrrole nitrogens is 1. The summed E-state index contributed by atoms with van der Waals surface area (Å²) in [4.78, 5) is 47.9. The summed E-state index contributed by atoms with van der Waals surface area (Å²) >= 11 is 1.40. The molecule has 4 heterocycles. The molecule has 0 spiro atoms. The van der Waals surface area contributed by atoms with Crippen LogP contribution in [0.15, 0.2) is 22.9 Å². The molecule has 3 aliphatic rings. The molecule has 17 heteroatoms. The summed E-state index contributed by atoms with van der Waals surface area (Å²) in [6.45, 7) is 0.745. The number of aromatic amines is 1. The molecule has 1 aromatic heterocycles. The molecule has 1 aromatic rings. The van der Waals surface area contributed by atoms with E-state index in [0.717, 1.165) is 0 Å². The Morgan fingerprint density at radius 3 is 2.52 bits per heavy atom. The SMILES string of the molecule is N[C@@H]1C(=O)N2C(C(=O)O)=C(/C=C3\CCN(Cc4nnn[nH]4)C3=O)CS[C@H]12.O=C(O)C(F)(F)F. The molecule has 178 valence electrons. The van der Waals surface area contributed by atoms with Gasteiger partial charge >= 0.3 is 18.1 Å². The Kier molecular flexibility index (Phi) is 6.73. The summed E-state index contributed by atoms with van der Waals surface area (Å²) in [5, 5.41) is 29.6. The van der Waals surface area contributed by atoms with Crippen molar-refractivity contribution in [3.05, 3.63) is 28.7 Å². The number of carbonyl (C=O) groups excluding carboxylic acids is 2. The number of hydrogen-bond donors (Lipinski definition) is 4. The van der Waals surface area contributed by atoms with Gasteiger partial charge in [-0.05, 0) is 28.5 Å². The molecule has 2 atom stereocenters. The molecule has 0 bridgehead atoms. The van der Waals surface area contributed by atoms with Gasteiger partial charge in [-0.3, -0.25) is 14.5 Å². The van der Waals surface area contributed by atoms with Gasteiger partial charge in [-0.15, -0.1) is 16.9 Å². The first-order valence-corrected chi connectivity index (χ1v) is 10.2. The number of amides is 2. The van der Waals surface area contributed by atoms with E-state index in [1.807, 2.05) is 0 Å². The standard InChI is InChI=1S/C14H15N7O4S.C2HF3O2/c15-9-12(23)21-10(14(24)25)7(5-26-13(9)21)3-6-1-2-20(11(6)22)4-8-16-18-19-17-8;3-2(4,5)1(6)7/h3,9,13H,1-2,4-5,15H2,(H,24,25)(H,16,17,18,19);(H,6,7)/b6-3+;/t9-,13-;/m1./s1. The number of aromatic nitrogens is 4. The Morgan fingerprint density at radius 1 is 1.30 bits per heavy atom. The smallest absolute Gasteiger partial charge is 0.477 e. The lowest BCUT2D eigenvalue weighted by Gasteiger charge is -2.47. The molecular weight excluding hydrogens is 475 g/mol. The molecule has 0 radical (unpaired) electrons. The lowest BCUT2D eigenvalue weighted by molar-refractivity contribution is -0.192. The zero-order valence-electron chi connectivity index (χ0n) is 16.4. The highest BCUT2D eigenvalue weighted by Gasteiger charge is 2.51. The maximum atomic E-state index is 12.6. The Bertz CT molecular complexity index is 1040. The number of carboxylic acids is 2. The molecule has 4 rings (SSSR count). The third-order valence-electron chi connectivity index (χ3n) is 4.78. The molecule has 2 saturated heterocycles. The Balaban J connectivity index is 0.000000383. The van der Waals surface area contributed by atoms with E-state index in [-0.39, 0.29) is 23.5 Å². The number of nitrogens with two attached hydrogens (primary N) is 1. The number of thioether (sulfide) groups is 1. The Labute approximate surface area is 186 Å². The van der Waals surface area contributed by atoms with Crippen LogP contribution in [0.25, 0.3) is 0 Å². The number of alkyl halides is 3. The van der Waals surface area contributed by atoms with Crippen molar-refractivity contribution < 1.29 is 42.6 Å². The van der Waals surface area contributed by atoms with Crippen LogP contribution in [0, 0.1) is 0 Å². The number of nitrogens with one attached hydrogen (secondary N) is 1. The van der Waals surface area contributed by atoms with Crippen LogP contribution in [0.2, 0.25) is 0 Å². The van der Waals surface area contributed by atoms with Crippen LogP contribution in [0.3, 0.4) is 0 Å². The number of tetrazole rings is 1. The van der Waals surface area contributed by atoms with E-state index < -0.39 is 30.1 Å². The van der Waals surface area contributed by atoms with Crippen molar-refractivity contribution in [3.63, 3.8) is 0 Å². The second-order valence-electron chi connectivity index (χ2n) is 6.91. The quantitative estimate of drug-likeness (QED) is 0.300. The molecule has 0 aromatic carbocycles. The fraction of sp³-hybridized carbons (Fsp3) is 0.438. The lowest BCUT2D eigenvalue weighted by atomic mass is 10.0. The van der Waals surface area contributed by atoms with Crippen molar-refractivity contribution in [2.45, 2.75) is 30.6 Å². The normalized spacial score (nSPS) is 23.8. The van der Waals surface area contributed by atoms with E-state index in [1.165, 1.54) is 16.7 Å². The maximum absolute atomic E-state index is 12.6. The average molecular weight is 491 g/mol. The summed E-state index contributed by atoms with van der Waals surface area (Å²) in [6.07, 6.45) is -3.01. The number of halogens is 3. The van der Waals surface area contributed by atoms with Gasteiger partial charge in [-0.2, -0.15) is 13.2 Å². The molecule has 2 fully saturated rings. The van der Waals surface area contributed by atoms with Crippen LogP contribution in [0.4, 0.5) is 13.2 Å². The molecule has 2 amide bonds. The van der Waals surface area contributed by atoms with Crippen molar-refractivity contribution in [3.8, 4) is 0 Å². The van der Waals surface area contributed by atoms with Gasteiger partial charge in [0.2, 0.25) is 11.8 Å². The van der Waals surface area contributed by atoms with Gasteiger partial charge in [0.15, 0.2) is 5.82 Å². The van der Waals surface area contributed by atoms with Crippen molar-refractivity contribution in [2.75, 3.05) is 12.3 Å². The van der Waals surface area contributed by atoms with Crippen LogP contribution in [-0.4, -0.2) is 94.3 Å². The zero-order valence-corrected chi connectivity index (χ0v) is 17.3. The van der Waals surface area contributed by atoms with Crippen LogP contribution >= 0.6 is 11.8 Å². The Morgan fingerprint density at radius 2 is 1.97 bits per heavy atom. The van der Waals surface area contributed by atoms with Crippen LogP contribution in [0.1, 0.15) is 12.2 Å². The number of hydrogen-bond acceptors (Lipinski definition) is 9. The van der Waals surface area contributed by atoms with E-state index in [4.69, 9.17) is 15.6 Å². The first-order valence-electron chi connectivity index (χ1n) is 9.11. The highest BCUT2D eigenvalue weighted by atomic mass is 32.2. The predicted molar refractivity (Wildman–Crippen MR) is 102 cm³/mol. The minimum atomic E-state index is -5.08. The number of carboxylic acid groups (broad SMARTS) is 2. The lowest BCUT2D eigenvalue weighted by Crippen LogP contribution is -2.68. The number of aliphatic carboxylic acids is 2. The monoisotopic (exact) mass is 491 g/mol. The fourth-order valence-electron chi connectivity index (χ4n) is 3.24. The number of carbonyl (C=O) groups is 4. The summed E-state index contributed by atoms with van der Waals surface area (Å²) in [6, 6.07) is -0.678. The Hall–Kier alpha value is -3.47. The van der Waals surface area contributed by atoms with E-state index >= 15 is 0 Å². The van der Waals surface area contributed by atoms with Crippen molar-refractivity contribution in [1.82, 2.24) is 30.4 Å². The van der Waals surface area contributed by atoms with Gasteiger partial charge in [-0.1, -0.05) is 0 Å². The van der Waals surface area contributed by atoms with E-state index in [1.54, 1.807) is 11.0 Å². The topological polar surface area (TPSA) is 196 Å². The minimum Gasteiger partial charge on any atom is -0.477 e. The second kappa shape index (κ2) is 9.18. The summed E-state index contributed by atoms with van der Waals surface area (Å²) in [7, 11) is 0. The summed E-state index contributed by atoms with van der Waals surface area (Å²) in [5.74, 6) is -3.71. The third-order valence-corrected chi connectivity index (χ3v) is 6.10. The molecule has 3 aliphatic heterocycles. The van der Waals surface area contributed by atoms with E-state index in [9.17, 15) is 32.7 Å². The average Bonchev–Trinajstić information content (AvgIpc) is 3.38. The molecule has 0 aliphatic carbocycles. The van der Waals surface area contributed by atoms with Gasteiger partial charge in [0, 0.05) is 17.9 Å². The molecule has 0 saturated carbocycles. The first-order chi connectivity index (χ1) is 15.4. The van der Waals surface area contributed by atoms with Crippen molar-refractivity contribution in [1.29, 1.82) is 0 Å². The molecular formula is C16H16F3N7O6S. The second-order valence-corrected chi connectivity index (χ2v) is 8.02. The predicted octanol–water partition coefficient (Wildman–Crippen LogP) is -0.927. The third kappa shape index (κ3) is 4.98. The summed E-state index contributed by atoms with van der Waals surface area (Å²) < 4.78 is 31.7. The molecule has 5 N–H and O–H groups in total. The largest absolute Gasteiger partial charge is 0.490 e. The van der Waals surface area contributed by atoms with Crippen LogP contribution in [-0.2, 0) is 25.7 Å². The molecule has 13 nitrogen and oxygen atoms in total. The van der Waals surface area contributed by atoms with E-state index in [0.29, 0.717) is 35.7 Å². The van der Waals surface area contributed by atoms with Gasteiger partial charge in [0.05, 0.1) is 6.54 Å². The number of β-lactam (4-membered cyclic amide) rings is 1. The fourth-order valence-corrected chi connectivity index (χ4v) is 4.49. The number of likely N-dealkylation sites (tertiary alicyclic amines) is 1. The highest BCUT2D eigenvalue weighted by molar-refractivity contribution is 8.00. The number of nitrogens with zero attached hydrogens (tertiary/aromatic N) is 5. The van der Waals surface area contributed by atoms with Crippen molar-refractivity contribution >= 4 is 35.5 Å². The van der Waals surface area contributed by atoms with Gasteiger partial charge < -0.3 is 20.8 Å².